The van der Waals surface area contributed by atoms with Gasteiger partial charge in [0.1, 0.15) is 0 Å². The van der Waals surface area contributed by atoms with Crippen molar-refractivity contribution in [1.29, 1.82) is 0 Å². The number of halogens is 3. The monoisotopic (exact) mass is 579 g/mol. The highest BCUT2D eigenvalue weighted by molar-refractivity contribution is 8.16. The summed E-state index contributed by atoms with van der Waals surface area (Å²) in [6, 6.07) is 4.16. The maximum Gasteiger partial charge on any atom is 0.434 e. The average Bonchev–Trinajstić information content (AvgIpc) is 3.31. The molecule has 0 N–H and O–H groups in total. The van der Waals surface area contributed by atoms with E-state index in [0.717, 1.165) is 17.3 Å². The minimum atomic E-state index is -4.91. The smallest absolute Gasteiger partial charge is 0.434 e. The van der Waals surface area contributed by atoms with Gasteiger partial charge in [0, 0.05) is 18.8 Å². The van der Waals surface area contributed by atoms with Gasteiger partial charge in [-0.3, -0.25) is 9.59 Å². The number of amidine groups is 1. The Hall–Kier alpha value is -3.28. The molecule has 0 spiro atoms. The zero-order valence-corrected chi connectivity index (χ0v) is 23.7. The summed E-state index contributed by atoms with van der Waals surface area (Å²) in [7, 11) is 0. The van der Waals surface area contributed by atoms with Crippen LogP contribution in [0, 0.1) is 19.8 Å². The number of likely N-dealkylation sites (tertiary alicyclic amines) is 1. The summed E-state index contributed by atoms with van der Waals surface area (Å²) in [6.07, 6.45) is -3.80. The molecule has 12 heteroatoms. The highest BCUT2D eigenvalue weighted by atomic mass is 32.2. The predicted molar refractivity (Wildman–Crippen MR) is 144 cm³/mol. The van der Waals surface area contributed by atoms with Gasteiger partial charge in [-0.05, 0) is 57.1 Å². The number of amides is 1. The maximum absolute atomic E-state index is 14.3. The third-order valence-corrected chi connectivity index (χ3v) is 7.92. The number of fused-ring (bicyclic) bond motifs is 1. The zero-order chi connectivity index (χ0) is 29.2. The fourth-order valence-corrected chi connectivity index (χ4v) is 6.08. The molecule has 4 rings (SSSR count). The fraction of sp³-hybridized carbons (Fsp3) is 0.500. The Morgan fingerprint density at radius 3 is 2.52 bits per heavy atom. The third-order valence-electron chi connectivity index (χ3n) is 7.03. The van der Waals surface area contributed by atoms with Gasteiger partial charge in [-0.15, -0.1) is 0 Å². The van der Waals surface area contributed by atoms with Gasteiger partial charge >= 0.3 is 18.1 Å². The molecular formula is C28H32F3N3O5S. The highest BCUT2D eigenvalue weighted by Crippen LogP contribution is 2.49. The van der Waals surface area contributed by atoms with Gasteiger partial charge in [0.25, 0.3) is 0 Å². The number of rotatable bonds is 7. The van der Waals surface area contributed by atoms with E-state index < -0.39 is 35.4 Å². The molecule has 1 aromatic rings. The van der Waals surface area contributed by atoms with Crippen molar-refractivity contribution in [3.05, 3.63) is 57.3 Å². The van der Waals surface area contributed by atoms with Crippen molar-refractivity contribution >= 4 is 34.8 Å². The lowest BCUT2D eigenvalue weighted by molar-refractivity contribution is -0.151. The number of carbonyl (C=O) groups is 3. The highest BCUT2D eigenvalue weighted by Gasteiger charge is 2.49. The van der Waals surface area contributed by atoms with Crippen LogP contribution in [0.1, 0.15) is 55.8 Å². The van der Waals surface area contributed by atoms with Crippen LogP contribution in [0.4, 0.5) is 13.2 Å². The summed E-state index contributed by atoms with van der Waals surface area (Å²) >= 11 is 0.973. The van der Waals surface area contributed by atoms with E-state index in [1.807, 2.05) is 13.0 Å². The second-order valence-corrected chi connectivity index (χ2v) is 10.7. The van der Waals surface area contributed by atoms with Crippen molar-refractivity contribution in [1.82, 2.24) is 9.80 Å². The summed E-state index contributed by atoms with van der Waals surface area (Å²) in [5.41, 5.74) is 0.460. The number of piperidine rings is 1. The minimum Gasteiger partial charge on any atom is -0.466 e. The van der Waals surface area contributed by atoms with Crippen molar-refractivity contribution in [2.45, 2.75) is 59.2 Å². The molecule has 3 heterocycles. The molecule has 216 valence electrons. The first-order valence-electron chi connectivity index (χ1n) is 13.2. The van der Waals surface area contributed by atoms with Gasteiger partial charge in [-0.25, -0.2) is 9.79 Å². The zero-order valence-electron chi connectivity index (χ0n) is 22.8. The minimum absolute atomic E-state index is 0.0251. The van der Waals surface area contributed by atoms with E-state index in [0.29, 0.717) is 36.2 Å². The molecule has 2 atom stereocenters. The second kappa shape index (κ2) is 12.1. The summed E-state index contributed by atoms with van der Waals surface area (Å²) in [6.45, 7) is 7.63. The SMILES string of the molecule is CCOC(=O)C1=C(C(F)(F)F)N=C2SC=C(CC(=O)N3CCC[C@H](C(=O)OCC)C3)N2[C@H]1c1cc(C)ccc1C. The van der Waals surface area contributed by atoms with Crippen LogP contribution in [-0.4, -0.2) is 65.3 Å². The lowest BCUT2D eigenvalue weighted by atomic mass is 9.89. The Morgan fingerprint density at radius 2 is 1.85 bits per heavy atom. The molecule has 8 nitrogen and oxygen atoms in total. The molecule has 1 aromatic carbocycles. The van der Waals surface area contributed by atoms with Crippen LogP contribution in [0.15, 0.2) is 45.6 Å². The number of ether oxygens (including phenoxy) is 2. The predicted octanol–water partition coefficient (Wildman–Crippen LogP) is 5.18. The first kappa shape index (κ1) is 29.7. The number of benzene rings is 1. The van der Waals surface area contributed by atoms with E-state index in [9.17, 15) is 27.6 Å². The Balaban J connectivity index is 1.72. The van der Waals surface area contributed by atoms with Crippen LogP contribution in [0.2, 0.25) is 0 Å². The Kier molecular flexibility index (Phi) is 8.96. The number of hydrogen-bond acceptors (Lipinski definition) is 8. The van der Waals surface area contributed by atoms with Crippen molar-refractivity contribution < 1.29 is 37.0 Å². The Bertz CT molecular complexity index is 1290. The number of alkyl halides is 3. The van der Waals surface area contributed by atoms with Crippen LogP contribution >= 0.6 is 11.8 Å². The van der Waals surface area contributed by atoms with Crippen LogP contribution in [0.5, 0.6) is 0 Å². The molecule has 40 heavy (non-hydrogen) atoms. The molecule has 0 aromatic heterocycles. The van der Waals surface area contributed by atoms with E-state index in [-0.39, 0.29) is 43.2 Å². The molecule has 3 aliphatic rings. The van der Waals surface area contributed by atoms with Gasteiger partial charge in [0.15, 0.2) is 10.9 Å². The van der Waals surface area contributed by atoms with E-state index in [1.54, 1.807) is 41.2 Å². The number of nitrogens with zero attached hydrogens (tertiary/aromatic N) is 3. The maximum atomic E-state index is 14.3. The van der Waals surface area contributed by atoms with Gasteiger partial charge in [0.05, 0.1) is 37.2 Å². The lowest BCUT2D eigenvalue weighted by Crippen LogP contribution is -2.44. The summed E-state index contributed by atoms with van der Waals surface area (Å²) in [5, 5.41) is 1.63. The van der Waals surface area contributed by atoms with Gasteiger partial charge in [0.2, 0.25) is 5.91 Å². The van der Waals surface area contributed by atoms with Gasteiger partial charge < -0.3 is 19.3 Å². The van der Waals surface area contributed by atoms with Crippen molar-refractivity contribution in [3.63, 3.8) is 0 Å². The van der Waals surface area contributed by atoms with Crippen molar-refractivity contribution in [2.24, 2.45) is 10.9 Å². The van der Waals surface area contributed by atoms with E-state index >= 15 is 0 Å². The third kappa shape index (κ3) is 6.06. The number of hydrogen-bond donors (Lipinski definition) is 0. The van der Waals surface area contributed by atoms with Crippen LogP contribution in [0.3, 0.4) is 0 Å². The van der Waals surface area contributed by atoms with Crippen molar-refractivity contribution in [3.8, 4) is 0 Å². The molecular weight excluding hydrogens is 547 g/mol. The second-order valence-electron chi connectivity index (χ2n) is 9.84. The van der Waals surface area contributed by atoms with E-state index in [2.05, 4.69) is 4.99 Å². The molecule has 0 radical (unpaired) electrons. The molecule has 0 aliphatic carbocycles. The topological polar surface area (TPSA) is 88.5 Å². The molecule has 1 amide bonds. The molecule has 0 saturated carbocycles. The van der Waals surface area contributed by atoms with Crippen LogP contribution in [0.25, 0.3) is 0 Å². The molecule has 0 unspecified atom stereocenters. The van der Waals surface area contributed by atoms with Gasteiger partial charge in [-0.2, -0.15) is 13.2 Å². The normalized spacial score (nSPS) is 21.1. The number of allylic oxidation sites excluding steroid dienone is 1. The standard InChI is InChI=1S/C28H32F3N3O5S/c1-5-38-25(36)18-8-7-11-33(14-18)21(35)13-19-15-40-27-32-24(28(29,30)31)22(26(37)39-6-2)23(34(19)27)20-12-16(3)9-10-17(20)4/h9-10,12,15,18,23H,5-8,11,13-14H2,1-4H3/t18-,23-/m0/s1. The van der Waals surface area contributed by atoms with Crippen molar-refractivity contribution in [2.75, 3.05) is 26.3 Å². The number of esters is 2. The molecule has 0 bridgehead atoms. The van der Waals surface area contributed by atoms with Crippen LogP contribution in [-0.2, 0) is 23.9 Å². The number of aryl methyl sites for hydroxylation is 2. The molecule has 3 aliphatic heterocycles. The fourth-order valence-electron chi connectivity index (χ4n) is 5.16. The summed E-state index contributed by atoms with van der Waals surface area (Å²) in [5.74, 6) is -2.16. The summed E-state index contributed by atoms with van der Waals surface area (Å²) < 4.78 is 53.2. The number of aliphatic imine (C=N–C) groups is 1. The van der Waals surface area contributed by atoms with E-state index in [1.165, 1.54) is 6.92 Å². The first-order valence-corrected chi connectivity index (χ1v) is 14.1. The number of thioether (sulfide) groups is 1. The summed E-state index contributed by atoms with van der Waals surface area (Å²) in [4.78, 5) is 45.9. The molecule has 1 fully saturated rings. The first-order chi connectivity index (χ1) is 19.0. The average molecular weight is 580 g/mol. The largest absolute Gasteiger partial charge is 0.466 e. The molecule has 1 saturated heterocycles. The lowest BCUT2D eigenvalue weighted by Gasteiger charge is -2.38. The number of carbonyl (C=O) groups excluding carboxylic acids is 3. The van der Waals surface area contributed by atoms with E-state index in [4.69, 9.17) is 9.47 Å². The Labute approximate surface area is 235 Å². The Morgan fingerprint density at radius 1 is 1.12 bits per heavy atom. The quantitative estimate of drug-likeness (QED) is 0.412. The van der Waals surface area contributed by atoms with Gasteiger partial charge in [-0.1, -0.05) is 35.5 Å². The van der Waals surface area contributed by atoms with Crippen LogP contribution < -0.4 is 0 Å².